The van der Waals surface area contributed by atoms with Gasteiger partial charge in [-0.3, -0.25) is 4.79 Å². The van der Waals surface area contributed by atoms with Crippen LogP contribution in [-0.4, -0.2) is 20.0 Å². The van der Waals surface area contributed by atoms with Crippen molar-refractivity contribution < 1.29 is 4.79 Å². The summed E-state index contributed by atoms with van der Waals surface area (Å²) in [4.78, 5) is 14.4. The molecule has 0 heterocycles. The Balaban J connectivity index is 2.26. The Labute approximate surface area is 164 Å². The molecule has 0 spiro atoms. The highest BCUT2D eigenvalue weighted by atomic mass is 79.9. The van der Waals surface area contributed by atoms with E-state index in [9.17, 15) is 10.1 Å². The van der Waals surface area contributed by atoms with Crippen LogP contribution in [0.5, 0.6) is 0 Å². The summed E-state index contributed by atoms with van der Waals surface area (Å²) < 4.78 is 1.50. The maximum Gasteiger partial charge on any atom is 0.266 e. The largest absolute Gasteiger partial charge is 0.378 e. The highest BCUT2D eigenvalue weighted by Gasteiger charge is 2.14. The molecule has 25 heavy (non-hydrogen) atoms. The van der Waals surface area contributed by atoms with Gasteiger partial charge in [-0.1, -0.05) is 12.1 Å². The minimum absolute atomic E-state index is 0.0389. The number of carbonyl (C=O) groups excluding carboxylic acids is 1. The van der Waals surface area contributed by atoms with Crippen LogP contribution in [0.3, 0.4) is 0 Å². The lowest BCUT2D eigenvalue weighted by Crippen LogP contribution is -2.14. The van der Waals surface area contributed by atoms with E-state index in [0.29, 0.717) is 5.69 Å². The molecule has 0 radical (unpaired) electrons. The third-order valence-electron chi connectivity index (χ3n) is 3.51. The molecule has 4 nitrogen and oxygen atoms in total. The van der Waals surface area contributed by atoms with E-state index < -0.39 is 5.91 Å². The van der Waals surface area contributed by atoms with Crippen molar-refractivity contribution in [1.29, 1.82) is 5.26 Å². The summed E-state index contributed by atoms with van der Waals surface area (Å²) in [5.74, 6) is -0.454. The van der Waals surface area contributed by atoms with E-state index in [0.717, 1.165) is 25.8 Å². The summed E-state index contributed by atoms with van der Waals surface area (Å²) in [5.41, 5.74) is 3.53. The smallest absolute Gasteiger partial charge is 0.266 e. The summed E-state index contributed by atoms with van der Waals surface area (Å²) in [6.45, 7) is 1.96. The van der Waals surface area contributed by atoms with Gasteiger partial charge in [-0.2, -0.15) is 5.26 Å². The normalized spacial score (nSPS) is 11.0. The number of hydrogen-bond donors (Lipinski definition) is 1. The molecule has 6 heteroatoms. The lowest BCUT2D eigenvalue weighted by molar-refractivity contribution is -0.112. The maximum absolute atomic E-state index is 12.5. The number of carbonyl (C=O) groups is 1. The highest BCUT2D eigenvalue weighted by Crippen LogP contribution is 2.32. The second-order valence-corrected chi connectivity index (χ2v) is 7.42. The Hall–Kier alpha value is -2.10. The molecule has 2 aromatic rings. The van der Waals surface area contributed by atoms with E-state index in [1.165, 1.54) is 0 Å². The third kappa shape index (κ3) is 4.94. The number of benzene rings is 2. The predicted molar refractivity (Wildman–Crippen MR) is 110 cm³/mol. The molecule has 0 aromatic heterocycles. The molecule has 0 saturated carbocycles. The van der Waals surface area contributed by atoms with Crippen LogP contribution >= 0.6 is 31.9 Å². The van der Waals surface area contributed by atoms with Crippen LogP contribution < -0.4 is 10.2 Å². The van der Waals surface area contributed by atoms with Gasteiger partial charge in [0.1, 0.15) is 11.6 Å². The second kappa shape index (κ2) is 8.32. The molecule has 1 amide bonds. The van der Waals surface area contributed by atoms with Crippen LogP contribution in [0.15, 0.2) is 50.9 Å². The lowest BCUT2D eigenvalue weighted by Gasteiger charge is -2.12. The molecular formula is C19H17Br2N3O. The van der Waals surface area contributed by atoms with E-state index in [1.54, 1.807) is 6.08 Å². The Morgan fingerprint density at radius 3 is 2.20 bits per heavy atom. The fourth-order valence-corrected chi connectivity index (χ4v) is 3.80. The summed E-state index contributed by atoms with van der Waals surface area (Å²) in [6.07, 6.45) is 1.57. The first kappa shape index (κ1) is 19.2. The van der Waals surface area contributed by atoms with Crippen molar-refractivity contribution in [2.24, 2.45) is 0 Å². The van der Waals surface area contributed by atoms with Gasteiger partial charge in [0.15, 0.2) is 0 Å². The molecule has 2 rings (SSSR count). The molecule has 0 aliphatic carbocycles. The zero-order valence-electron chi connectivity index (χ0n) is 14.1. The first-order valence-corrected chi connectivity index (χ1v) is 9.06. The lowest BCUT2D eigenvalue weighted by atomic mass is 10.1. The molecule has 0 aliphatic rings. The molecule has 128 valence electrons. The van der Waals surface area contributed by atoms with Gasteiger partial charge >= 0.3 is 0 Å². The molecule has 0 fully saturated rings. The van der Waals surface area contributed by atoms with Crippen molar-refractivity contribution in [3.63, 3.8) is 0 Å². The number of nitrogens with one attached hydrogen (secondary N) is 1. The highest BCUT2D eigenvalue weighted by molar-refractivity contribution is 9.11. The number of halogens is 2. The van der Waals surface area contributed by atoms with Gasteiger partial charge < -0.3 is 10.2 Å². The van der Waals surface area contributed by atoms with Gasteiger partial charge in [-0.15, -0.1) is 0 Å². The minimum Gasteiger partial charge on any atom is -0.378 e. The Bertz CT molecular complexity index is 842. The number of rotatable bonds is 4. The molecule has 0 bridgehead atoms. The summed E-state index contributed by atoms with van der Waals surface area (Å²) in [5, 5.41) is 12.1. The monoisotopic (exact) mass is 461 g/mol. The van der Waals surface area contributed by atoms with Gasteiger partial charge in [0.2, 0.25) is 0 Å². The summed E-state index contributed by atoms with van der Waals surface area (Å²) >= 11 is 6.87. The first-order valence-electron chi connectivity index (χ1n) is 7.48. The minimum atomic E-state index is -0.454. The standard InChI is InChI=1S/C19H17Br2N3O/c1-12-8-16(20)18(17(21)9-12)23-19(25)14(11-22)10-13-4-6-15(7-5-13)24(2)3/h4-10H,1-3H3,(H,23,25)/b14-10+. The number of nitriles is 1. The quantitative estimate of drug-likeness (QED) is 0.506. The topological polar surface area (TPSA) is 56.1 Å². The van der Waals surface area contributed by atoms with Crippen molar-refractivity contribution in [2.75, 3.05) is 24.3 Å². The average molecular weight is 463 g/mol. The molecule has 1 N–H and O–H groups in total. The fraction of sp³-hybridized carbons (Fsp3) is 0.158. The second-order valence-electron chi connectivity index (χ2n) is 5.71. The Morgan fingerprint density at radius 1 is 1.16 bits per heavy atom. The van der Waals surface area contributed by atoms with Gasteiger partial charge in [0.25, 0.3) is 5.91 Å². The molecule has 0 saturated heterocycles. The van der Waals surface area contributed by atoms with E-state index in [4.69, 9.17) is 0 Å². The van der Waals surface area contributed by atoms with Gasteiger partial charge in [0.05, 0.1) is 5.69 Å². The van der Waals surface area contributed by atoms with Crippen LogP contribution in [-0.2, 0) is 4.79 Å². The van der Waals surface area contributed by atoms with Crippen molar-refractivity contribution >= 4 is 55.2 Å². The van der Waals surface area contributed by atoms with E-state index in [1.807, 2.05) is 68.4 Å². The number of hydrogen-bond acceptors (Lipinski definition) is 3. The van der Waals surface area contributed by atoms with Crippen LogP contribution in [0.4, 0.5) is 11.4 Å². The molecular weight excluding hydrogens is 446 g/mol. The van der Waals surface area contributed by atoms with E-state index in [2.05, 4.69) is 37.2 Å². The fourth-order valence-electron chi connectivity index (χ4n) is 2.18. The van der Waals surface area contributed by atoms with Crippen LogP contribution in [0.2, 0.25) is 0 Å². The van der Waals surface area contributed by atoms with Crippen molar-refractivity contribution in [3.8, 4) is 6.07 Å². The molecule has 2 aromatic carbocycles. The van der Waals surface area contributed by atoms with E-state index in [-0.39, 0.29) is 5.57 Å². The molecule has 0 unspecified atom stereocenters. The average Bonchev–Trinajstić information content (AvgIpc) is 2.56. The first-order chi connectivity index (χ1) is 11.8. The zero-order chi connectivity index (χ0) is 18.6. The van der Waals surface area contributed by atoms with Crippen LogP contribution in [0, 0.1) is 18.3 Å². The number of aryl methyl sites for hydroxylation is 1. The van der Waals surface area contributed by atoms with E-state index >= 15 is 0 Å². The van der Waals surface area contributed by atoms with Gasteiger partial charge in [-0.25, -0.2) is 0 Å². The molecule has 0 aliphatic heterocycles. The molecule has 0 atom stereocenters. The summed E-state index contributed by atoms with van der Waals surface area (Å²) in [7, 11) is 3.91. The van der Waals surface area contributed by atoms with Crippen molar-refractivity contribution in [1.82, 2.24) is 0 Å². The predicted octanol–water partition coefficient (Wildman–Crippen LogP) is 5.13. The van der Waals surface area contributed by atoms with Gasteiger partial charge in [0, 0.05) is 28.7 Å². The number of anilines is 2. The van der Waals surface area contributed by atoms with Crippen LogP contribution in [0.25, 0.3) is 6.08 Å². The zero-order valence-corrected chi connectivity index (χ0v) is 17.3. The number of amides is 1. The maximum atomic E-state index is 12.5. The van der Waals surface area contributed by atoms with Crippen molar-refractivity contribution in [2.45, 2.75) is 6.92 Å². The Kier molecular flexibility index (Phi) is 6.40. The van der Waals surface area contributed by atoms with Crippen LogP contribution in [0.1, 0.15) is 11.1 Å². The Morgan fingerprint density at radius 2 is 1.72 bits per heavy atom. The van der Waals surface area contributed by atoms with Crippen molar-refractivity contribution in [3.05, 3.63) is 62.0 Å². The van der Waals surface area contributed by atoms with Gasteiger partial charge in [-0.05, 0) is 80.3 Å². The third-order valence-corrected chi connectivity index (χ3v) is 4.76. The number of nitrogens with zero attached hydrogens (tertiary/aromatic N) is 2. The summed E-state index contributed by atoms with van der Waals surface area (Å²) in [6, 6.07) is 13.4. The SMILES string of the molecule is Cc1cc(Br)c(NC(=O)/C(C#N)=C/c2ccc(N(C)C)cc2)c(Br)c1.